The molecule has 2 aromatic heterocycles. The quantitative estimate of drug-likeness (QED) is 0.168. The number of pyridine rings is 2. The number of nitrogens with two attached hydrogens (primary N) is 1. The van der Waals surface area contributed by atoms with Crippen LogP contribution in [-0.2, 0) is 15.8 Å². The van der Waals surface area contributed by atoms with Crippen LogP contribution in [0.3, 0.4) is 0 Å². The van der Waals surface area contributed by atoms with Gasteiger partial charge in [-0.1, -0.05) is 11.6 Å². The Labute approximate surface area is 274 Å². The molecule has 3 heterocycles. The van der Waals surface area contributed by atoms with E-state index < -0.39 is 53.1 Å². The van der Waals surface area contributed by atoms with E-state index in [0.29, 0.717) is 5.39 Å². The summed E-state index contributed by atoms with van der Waals surface area (Å²) in [6.45, 7) is -0.381. The summed E-state index contributed by atoms with van der Waals surface area (Å²) in [5.74, 6) is -2.64. The first-order chi connectivity index (χ1) is 22.6. The molecule has 2 aromatic carbocycles. The van der Waals surface area contributed by atoms with Gasteiger partial charge in [-0.2, -0.15) is 13.2 Å². The predicted molar refractivity (Wildman–Crippen MR) is 166 cm³/mol. The summed E-state index contributed by atoms with van der Waals surface area (Å²) in [6, 6.07) is 8.92. The summed E-state index contributed by atoms with van der Waals surface area (Å²) >= 11 is 6.09. The van der Waals surface area contributed by atoms with Crippen molar-refractivity contribution >= 4 is 46.0 Å². The molecule has 0 radical (unpaired) electrons. The Balaban J connectivity index is 1.38. The molecule has 0 bridgehead atoms. The van der Waals surface area contributed by atoms with E-state index in [1.165, 1.54) is 43.5 Å². The van der Waals surface area contributed by atoms with Gasteiger partial charge >= 0.3 is 12.2 Å². The normalized spacial score (nSPS) is 18.4. The highest BCUT2D eigenvalue weighted by molar-refractivity contribution is 6.31. The number of nitrogens with zero attached hydrogens (tertiary/aromatic N) is 2. The maximum absolute atomic E-state index is 14.8. The Kier molecular flexibility index (Phi) is 8.15. The number of aromatic nitrogens is 2. The molecule has 48 heavy (non-hydrogen) atoms. The molecule has 0 saturated heterocycles. The Morgan fingerprint density at radius 2 is 1.83 bits per heavy atom. The maximum Gasteiger partial charge on any atom is 0.424 e. The maximum atomic E-state index is 14.8. The van der Waals surface area contributed by atoms with Crippen molar-refractivity contribution in [1.29, 1.82) is 0 Å². The van der Waals surface area contributed by atoms with Crippen molar-refractivity contribution in [2.24, 2.45) is 5.73 Å². The number of halogens is 5. The Hall–Kier alpha value is -5.02. The molecule has 2 aliphatic rings. The lowest BCUT2D eigenvalue weighted by molar-refractivity contribution is -0.265. The molecule has 6 N–H and O–H groups in total. The highest BCUT2D eigenvalue weighted by Crippen LogP contribution is 2.47. The monoisotopic (exact) mass is 686 g/mol. The standard InChI is InChI=1S/C32H27ClF4N6O5/c1-30(28(38)45)14-48-26-21(30)11-23(43-25(26)15-2-4-19(34)5-3-15)31(47,32(35,36)37)13-40-27(44)17-8-16-9-18(33)12-39-24(16)22(10-17)42-29(46)41-20-6-7-20/h2-5,8-12,20,47H,6-7,13-14H2,1H3,(H2,38,45)(H,40,44)(H2,41,42,46)/t30-,31?/m0/s1. The summed E-state index contributed by atoms with van der Waals surface area (Å²) in [6.07, 6.45) is -2.47. The Morgan fingerprint density at radius 3 is 2.48 bits per heavy atom. The van der Waals surface area contributed by atoms with Crippen molar-refractivity contribution in [3.05, 3.63) is 82.4 Å². The van der Waals surface area contributed by atoms with E-state index in [2.05, 4.69) is 25.9 Å². The van der Waals surface area contributed by atoms with Crippen LogP contribution in [0.1, 0.15) is 41.4 Å². The molecular weight excluding hydrogens is 660 g/mol. The fourth-order valence-corrected chi connectivity index (χ4v) is 5.44. The van der Waals surface area contributed by atoms with Gasteiger partial charge in [0.2, 0.25) is 11.5 Å². The molecule has 6 rings (SSSR count). The minimum atomic E-state index is -5.42. The molecule has 11 nitrogen and oxygen atoms in total. The van der Waals surface area contributed by atoms with Crippen LogP contribution in [0.25, 0.3) is 22.2 Å². The third kappa shape index (κ3) is 6.06. The first kappa shape index (κ1) is 32.9. The van der Waals surface area contributed by atoms with Crippen molar-refractivity contribution in [3.8, 4) is 17.0 Å². The average Bonchev–Trinajstić information content (AvgIpc) is 3.78. The first-order valence-electron chi connectivity index (χ1n) is 14.6. The van der Waals surface area contributed by atoms with Gasteiger partial charge in [0.15, 0.2) is 0 Å². The lowest BCUT2D eigenvalue weighted by Crippen LogP contribution is -2.51. The van der Waals surface area contributed by atoms with Gasteiger partial charge in [-0.25, -0.2) is 14.2 Å². The van der Waals surface area contributed by atoms with Crippen molar-refractivity contribution in [3.63, 3.8) is 0 Å². The Morgan fingerprint density at radius 1 is 1.12 bits per heavy atom. The molecule has 16 heteroatoms. The molecule has 0 spiro atoms. The van der Waals surface area contributed by atoms with Crippen LogP contribution in [0.15, 0.2) is 54.7 Å². The second-order valence-corrected chi connectivity index (χ2v) is 12.3. The van der Waals surface area contributed by atoms with E-state index in [9.17, 15) is 37.1 Å². The van der Waals surface area contributed by atoms with Crippen LogP contribution in [0.4, 0.5) is 28.0 Å². The number of nitrogens with one attached hydrogen (secondary N) is 3. The number of urea groups is 1. The van der Waals surface area contributed by atoms with Crippen molar-refractivity contribution in [1.82, 2.24) is 20.6 Å². The number of fused-ring (bicyclic) bond motifs is 2. The number of rotatable bonds is 8. The lowest BCUT2D eigenvalue weighted by atomic mass is 9.81. The molecule has 1 unspecified atom stereocenters. The predicted octanol–water partition coefficient (Wildman–Crippen LogP) is 4.69. The molecule has 1 aliphatic carbocycles. The third-order valence-corrected chi connectivity index (χ3v) is 8.51. The third-order valence-electron chi connectivity index (χ3n) is 8.30. The molecule has 2 atom stereocenters. The van der Waals surface area contributed by atoms with E-state index in [-0.39, 0.29) is 57.0 Å². The number of alkyl halides is 3. The molecule has 4 amide bonds. The van der Waals surface area contributed by atoms with E-state index >= 15 is 0 Å². The van der Waals surface area contributed by atoms with Crippen LogP contribution >= 0.6 is 11.6 Å². The van der Waals surface area contributed by atoms with Crippen LogP contribution in [-0.4, -0.2) is 58.3 Å². The second-order valence-electron chi connectivity index (χ2n) is 11.9. The number of carbonyl (C=O) groups is 3. The highest BCUT2D eigenvalue weighted by atomic mass is 35.5. The molecule has 1 aliphatic heterocycles. The van der Waals surface area contributed by atoms with Crippen molar-refractivity contribution in [2.45, 2.75) is 43.0 Å². The van der Waals surface area contributed by atoms with Gasteiger partial charge in [-0.05, 0) is 68.3 Å². The van der Waals surface area contributed by atoms with Crippen molar-refractivity contribution < 1.29 is 41.8 Å². The minimum Gasteiger partial charge on any atom is -0.489 e. The zero-order chi connectivity index (χ0) is 34.6. The van der Waals surface area contributed by atoms with E-state index in [0.717, 1.165) is 31.0 Å². The van der Waals surface area contributed by atoms with Crippen molar-refractivity contribution in [2.75, 3.05) is 18.5 Å². The number of amides is 4. The molecule has 1 saturated carbocycles. The molecule has 1 fully saturated rings. The minimum absolute atomic E-state index is 0.00833. The summed E-state index contributed by atoms with van der Waals surface area (Å²) < 4.78 is 63.8. The fourth-order valence-electron chi connectivity index (χ4n) is 5.27. The number of ether oxygens (including phenoxy) is 1. The van der Waals surface area contributed by atoms with Gasteiger partial charge in [0.05, 0.1) is 28.5 Å². The van der Waals surface area contributed by atoms with Gasteiger partial charge in [-0.15, -0.1) is 0 Å². The van der Waals surface area contributed by atoms with Gasteiger partial charge in [0.25, 0.3) is 5.91 Å². The summed E-state index contributed by atoms with van der Waals surface area (Å²) in [7, 11) is 0. The van der Waals surface area contributed by atoms with Gasteiger partial charge in [0.1, 0.15) is 29.3 Å². The Bertz CT molecular complexity index is 1970. The smallest absolute Gasteiger partial charge is 0.424 e. The van der Waals surface area contributed by atoms with Crippen LogP contribution in [0.5, 0.6) is 5.75 Å². The number of hydrogen-bond acceptors (Lipinski definition) is 7. The van der Waals surface area contributed by atoms with E-state index in [1.54, 1.807) is 0 Å². The van der Waals surface area contributed by atoms with Crippen LogP contribution in [0, 0.1) is 5.82 Å². The van der Waals surface area contributed by atoms with Gasteiger partial charge in [0, 0.05) is 34.3 Å². The summed E-state index contributed by atoms with van der Waals surface area (Å²) in [4.78, 5) is 46.6. The number of aliphatic hydroxyl groups is 1. The topological polar surface area (TPSA) is 169 Å². The second kappa shape index (κ2) is 11.9. The van der Waals surface area contributed by atoms with Crippen LogP contribution < -0.4 is 26.4 Å². The number of primary amides is 1. The molecule has 250 valence electrons. The zero-order valence-corrected chi connectivity index (χ0v) is 25.8. The summed E-state index contributed by atoms with van der Waals surface area (Å²) in [5, 5.41) is 19.3. The van der Waals surface area contributed by atoms with E-state index in [4.69, 9.17) is 22.1 Å². The number of carbonyl (C=O) groups excluding carboxylic acids is 3. The largest absolute Gasteiger partial charge is 0.489 e. The summed E-state index contributed by atoms with van der Waals surface area (Å²) in [5.41, 5.74) is -0.748. The van der Waals surface area contributed by atoms with Gasteiger partial charge < -0.3 is 31.5 Å². The number of anilines is 1. The van der Waals surface area contributed by atoms with E-state index in [1.807, 2.05) is 0 Å². The number of benzene rings is 2. The molecule has 4 aromatic rings. The highest BCUT2D eigenvalue weighted by Gasteiger charge is 2.57. The average molecular weight is 687 g/mol. The lowest BCUT2D eigenvalue weighted by Gasteiger charge is -2.31. The first-order valence-corrected chi connectivity index (χ1v) is 15.0. The molecular formula is C32H27ClF4N6O5. The number of hydrogen-bond donors (Lipinski definition) is 5. The SMILES string of the molecule is C[C@]1(C(N)=O)COc2c1cc(C(O)(CNC(=O)c1cc(NC(=O)NC3CC3)c3ncc(Cl)cc3c1)C(F)(F)F)nc2-c1ccc(F)cc1. The zero-order valence-electron chi connectivity index (χ0n) is 25.0. The van der Waals surface area contributed by atoms with Gasteiger partial charge in [-0.3, -0.25) is 14.6 Å². The fraction of sp³-hybridized carbons (Fsp3) is 0.281. The van der Waals surface area contributed by atoms with Crippen LogP contribution in [0.2, 0.25) is 5.02 Å².